The van der Waals surface area contributed by atoms with Gasteiger partial charge in [-0.15, -0.1) is 0 Å². The molecule has 6 nitrogen and oxygen atoms in total. The van der Waals surface area contributed by atoms with Crippen LogP contribution in [0.3, 0.4) is 0 Å². The van der Waals surface area contributed by atoms with Crippen molar-refractivity contribution >= 4 is 34.2 Å². The Morgan fingerprint density at radius 2 is 2.00 bits per heavy atom. The number of carbonyl (C=O) groups excluding carboxylic acids is 1. The maximum absolute atomic E-state index is 13.1. The van der Waals surface area contributed by atoms with Crippen LogP contribution in [-0.2, 0) is 11.3 Å². The third kappa shape index (κ3) is 4.75. The number of carbonyl (C=O) groups is 1. The van der Waals surface area contributed by atoms with E-state index < -0.39 is 0 Å². The van der Waals surface area contributed by atoms with Gasteiger partial charge in [-0.2, -0.15) is 0 Å². The molecule has 1 atom stereocenters. The molecule has 0 saturated carbocycles. The van der Waals surface area contributed by atoms with Gasteiger partial charge in [0.2, 0.25) is 0 Å². The van der Waals surface area contributed by atoms with Crippen LogP contribution in [0.4, 0.5) is 10.5 Å². The summed E-state index contributed by atoms with van der Waals surface area (Å²) in [7, 11) is 0. The van der Waals surface area contributed by atoms with Crippen molar-refractivity contribution in [3.8, 4) is 0 Å². The number of hydrogen-bond donors (Lipinski definition) is 2. The lowest BCUT2D eigenvalue weighted by Crippen LogP contribution is -2.40. The molecule has 2 amide bonds. The number of ether oxygens (including phenoxy) is 1. The second-order valence-electron chi connectivity index (χ2n) is 8.04. The SMILES string of the molecule is Cc1ccc(C)c2[nH]c(=O)c(CN(C[C@@H]3CCCO3)C(=O)Nc3ccccc3Cl)cc12. The van der Waals surface area contributed by atoms with Crippen LogP contribution in [0.15, 0.2) is 47.3 Å². The highest BCUT2D eigenvalue weighted by Crippen LogP contribution is 2.23. The minimum Gasteiger partial charge on any atom is -0.376 e. The number of aryl methyl sites for hydroxylation is 2. The van der Waals surface area contributed by atoms with E-state index in [0.29, 0.717) is 29.4 Å². The van der Waals surface area contributed by atoms with E-state index >= 15 is 0 Å². The molecule has 3 aromatic rings. The summed E-state index contributed by atoms with van der Waals surface area (Å²) in [5.41, 5.74) is 3.80. The number of pyridine rings is 1. The van der Waals surface area contributed by atoms with E-state index in [-0.39, 0.29) is 24.2 Å². The third-order valence-electron chi connectivity index (χ3n) is 5.73. The van der Waals surface area contributed by atoms with Gasteiger partial charge in [-0.1, -0.05) is 35.9 Å². The van der Waals surface area contributed by atoms with E-state index in [1.807, 2.05) is 38.1 Å². The summed E-state index contributed by atoms with van der Waals surface area (Å²) in [6.07, 6.45) is 1.82. The average molecular weight is 440 g/mol. The number of halogens is 1. The number of fused-ring (bicyclic) bond motifs is 1. The number of aromatic amines is 1. The predicted octanol–water partition coefficient (Wildman–Crippen LogP) is 5.01. The molecule has 0 radical (unpaired) electrons. The summed E-state index contributed by atoms with van der Waals surface area (Å²) in [6, 6.07) is 12.7. The lowest BCUT2D eigenvalue weighted by molar-refractivity contribution is 0.0818. The molecular weight excluding hydrogens is 414 g/mol. The van der Waals surface area contributed by atoms with Gasteiger partial charge in [0.15, 0.2) is 0 Å². The fraction of sp³-hybridized carbons (Fsp3) is 0.333. The first kappa shape index (κ1) is 21.4. The summed E-state index contributed by atoms with van der Waals surface area (Å²) in [6.45, 7) is 5.26. The first-order chi connectivity index (χ1) is 14.9. The van der Waals surface area contributed by atoms with Crippen LogP contribution < -0.4 is 10.9 Å². The van der Waals surface area contributed by atoms with Gasteiger partial charge >= 0.3 is 6.03 Å². The average Bonchev–Trinajstić information content (AvgIpc) is 3.26. The van der Waals surface area contributed by atoms with E-state index in [0.717, 1.165) is 34.9 Å². The van der Waals surface area contributed by atoms with Crippen molar-refractivity contribution in [2.45, 2.75) is 39.3 Å². The molecule has 0 bridgehead atoms. The number of urea groups is 1. The quantitative estimate of drug-likeness (QED) is 0.586. The topological polar surface area (TPSA) is 74.4 Å². The van der Waals surface area contributed by atoms with Crippen LogP contribution >= 0.6 is 11.6 Å². The van der Waals surface area contributed by atoms with Crippen molar-refractivity contribution in [3.63, 3.8) is 0 Å². The molecule has 0 spiro atoms. The Kier molecular flexibility index (Phi) is 6.30. The highest BCUT2D eigenvalue weighted by atomic mass is 35.5. The number of rotatable bonds is 5. The molecule has 1 saturated heterocycles. The van der Waals surface area contributed by atoms with Crippen LogP contribution in [-0.4, -0.2) is 35.2 Å². The summed E-state index contributed by atoms with van der Waals surface area (Å²) in [4.78, 5) is 30.6. The van der Waals surface area contributed by atoms with Gasteiger partial charge in [0.25, 0.3) is 5.56 Å². The number of aromatic nitrogens is 1. The van der Waals surface area contributed by atoms with E-state index in [2.05, 4.69) is 10.3 Å². The Balaban J connectivity index is 1.65. The Bertz CT molecular complexity index is 1170. The van der Waals surface area contributed by atoms with E-state index in [1.165, 1.54) is 0 Å². The molecule has 7 heteroatoms. The van der Waals surface area contributed by atoms with Gasteiger partial charge in [0, 0.05) is 24.1 Å². The summed E-state index contributed by atoms with van der Waals surface area (Å²) < 4.78 is 5.75. The van der Waals surface area contributed by atoms with E-state index in [9.17, 15) is 9.59 Å². The Labute approximate surface area is 186 Å². The van der Waals surface area contributed by atoms with Crippen LogP contribution in [0.5, 0.6) is 0 Å². The number of nitrogens with one attached hydrogen (secondary N) is 2. The normalized spacial score (nSPS) is 15.9. The van der Waals surface area contributed by atoms with E-state index in [1.54, 1.807) is 23.1 Å². The molecule has 0 aliphatic carbocycles. The summed E-state index contributed by atoms with van der Waals surface area (Å²) in [5.74, 6) is 0. The molecule has 162 valence electrons. The highest BCUT2D eigenvalue weighted by Gasteiger charge is 2.24. The molecule has 2 N–H and O–H groups in total. The fourth-order valence-corrected chi connectivity index (χ4v) is 4.13. The van der Waals surface area contributed by atoms with Crippen LogP contribution in [0.2, 0.25) is 5.02 Å². The first-order valence-electron chi connectivity index (χ1n) is 10.5. The predicted molar refractivity (Wildman–Crippen MR) is 124 cm³/mol. The number of H-pyrrole nitrogens is 1. The standard InChI is InChI=1S/C24H26ClN3O3/c1-15-9-10-16(2)22-19(15)12-17(23(29)27-22)13-28(14-18-6-5-11-31-18)24(30)26-21-8-4-3-7-20(21)25/h3-4,7-10,12,18H,5-6,11,13-14H2,1-2H3,(H,26,30)(H,27,29)/t18-/m0/s1. The number of anilines is 1. The van der Waals surface area contributed by atoms with Crippen molar-refractivity contribution < 1.29 is 9.53 Å². The van der Waals surface area contributed by atoms with Gasteiger partial charge in [0.05, 0.1) is 28.9 Å². The zero-order valence-electron chi connectivity index (χ0n) is 17.7. The highest BCUT2D eigenvalue weighted by molar-refractivity contribution is 6.33. The number of hydrogen-bond acceptors (Lipinski definition) is 3. The molecule has 1 aliphatic heterocycles. The Morgan fingerprint density at radius 1 is 1.23 bits per heavy atom. The second-order valence-corrected chi connectivity index (χ2v) is 8.44. The molecule has 1 fully saturated rings. The van der Waals surface area contributed by atoms with Gasteiger partial charge in [-0.25, -0.2) is 4.79 Å². The second kappa shape index (κ2) is 9.12. The molecule has 2 aromatic carbocycles. The summed E-state index contributed by atoms with van der Waals surface area (Å²) >= 11 is 6.21. The number of nitrogens with zero attached hydrogens (tertiary/aromatic N) is 1. The summed E-state index contributed by atoms with van der Waals surface area (Å²) in [5, 5.41) is 4.31. The Hall–Kier alpha value is -2.83. The van der Waals surface area contributed by atoms with E-state index in [4.69, 9.17) is 16.3 Å². The van der Waals surface area contributed by atoms with Crippen LogP contribution in [0.25, 0.3) is 10.9 Å². The number of benzene rings is 2. The molecule has 1 aromatic heterocycles. The smallest absolute Gasteiger partial charge is 0.322 e. The maximum atomic E-state index is 13.1. The zero-order chi connectivity index (χ0) is 22.0. The number of amides is 2. The minimum absolute atomic E-state index is 0.0412. The fourth-order valence-electron chi connectivity index (χ4n) is 3.95. The number of para-hydroxylation sites is 1. The van der Waals surface area contributed by atoms with Crippen molar-refractivity contribution in [1.82, 2.24) is 9.88 Å². The van der Waals surface area contributed by atoms with Crippen molar-refractivity contribution in [1.29, 1.82) is 0 Å². The van der Waals surface area contributed by atoms with Crippen molar-refractivity contribution in [2.75, 3.05) is 18.5 Å². The third-order valence-corrected chi connectivity index (χ3v) is 6.06. The zero-order valence-corrected chi connectivity index (χ0v) is 18.5. The molecule has 31 heavy (non-hydrogen) atoms. The van der Waals surface area contributed by atoms with Gasteiger partial charge in [-0.05, 0) is 56.0 Å². The van der Waals surface area contributed by atoms with Crippen LogP contribution in [0, 0.1) is 13.8 Å². The first-order valence-corrected chi connectivity index (χ1v) is 10.8. The largest absolute Gasteiger partial charge is 0.376 e. The maximum Gasteiger partial charge on any atom is 0.322 e. The lowest BCUT2D eigenvalue weighted by atomic mass is 10.0. The Morgan fingerprint density at radius 3 is 2.74 bits per heavy atom. The minimum atomic E-state index is -0.316. The monoisotopic (exact) mass is 439 g/mol. The van der Waals surface area contributed by atoms with Crippen molar-refractivity contribution in [3.05, 3.63) is 74.5 Å². The van der Waals surface area contributed by atoms with Crippen molar-refractivity contribution in [2.24, 2.45) is 0 Å². The van der Waals surface area contributed by atoms with Crippen LogP contribution in [0.1, 0.15) is 29.5 Å². The molecule has 1 aliphatic rings. The van der Waals surface area contributed by atoms with Gasteiger partial charge in [0.1, 0.15) is 0 Å². The lowest BCUT2D eigenvalue weighted by Gasteiger charge is -2.26. The van der Waals surface area contributed by atoms with Gasteiger partial charge < -0.3 is 19.9 Å². The molecular formula is C24H26ClN3O3. The van der Waals surface area contributed by atoms with Gasteiger partial charge in [-0.3, -0.25) is 4.79 Å². The molecule has 2 heterocycles. The molecule has 4 rings (SSSR count). The molecule has 0 unspecified atom stereocenters.